The lowest BCUT2D eigenvalue weighted by atomic mass is 9.80. The Morgan fingerprint density at radius 3 is 1.38 bits per heavy atom. The molecular weight excluding hydrogens is 1660 g/mol. The summed E-state index contributed by atoms with van der Waals surface area (Å²) < 4.78 is 79.3. The number of nitrogen functional groups attached to an aromatic ring is 2. The molecule has 0 saturated carbocycles. The summed E-state index contributed by atoms with van der Waals surface area (Å²) in [7, 11) is 6.18. The van der Waals surface area contributed by atoms with Gasteiger partial charge in [-0.3, -0.25) is 13.9 Å². The third-order valence-electron chi connectivity index (χ3n) is 13.7. The van der Waals surface area contributed by atoms with Crippen molar-refractivity contribution in [2.24, 2.45) is 11.5 Å². The number of rotatable bonds is 15. The van der Waals surface area contributed by atoms with E-state index in [4.69, 9.17) is 111 Å². The van der Waals surface area contributed by atoms with Crippen LogP contribution in [-0.2, 0) is 23.5 Å². The fourth-order valence-electron chi connectivity index (χ4n) is 8.88. The first-order chi connectivity index (χ1) is 49.1. The molecule has 1 amide bonds. The Bertz CT molecular complexity index is 5110. The highest BCUT2D eigenvalue weighted by molar-refractivity contribution is 9.11. The number of carbonyl (C=O) groups excluding carboxylic acids is 1. The Labute approximate surface area is 644 Å². The van der Waals surface area contributed by atoms with Crippen molar-refractivity contribution in [3.8, 4) is 74.6 Å². The highest BCUT2D eigenvalue weighted by atomic mass is 79.9. The second-order valence-corrected chi connectivity index (χ2v) is 29.6. The van der Waals surface area contributed by atoms with Crippen LogP contribution in [0.1, 0.15) is 45.6 Å². The minimum Gasteiger partial charge on any atom is -0.497 e. The molecule has 0 unspecified atom stereocenters. The monoisotopic (exact) mass is 1720 g/mol. The number of halogens is 4. The summed E-state index contributed by atoms with van der Waals surface area (Å²) in [5.41, 5.74) is 27.7. The molecule has 8 aromatic heterocycles. The Morgan fingerprint density at radius 2 is 0.952 bits per heavy atom. The number of thiophene rings is 4. The molecule has 13 N–H and O–H groups in total. The lowest BCUT2D eigenvalue weighted by Crippen LogP contribution is -2.30. The molecular formula is C67H65BBr3ClN12O15S5. The molecule has 0 atom stereocenters. The fourth-order valence-corrected chi connectivity index (χ4v) is 15.0. The van der Waals surface area contributed by atoms with Gasteiger partial charge in [0.2, 0.25) is 11.5 Å². The number of hydrogen-bond acceptors (Lipinski definition) is 28. The van der Waals surface area contributed by atoms with Crippen molar-refractivity contribution < 1.29 is 70.3 Å². The average molecular weight is 1720 g/mol. The summed E-state index contributed by atoms with van der Waals surface area (Å²) in [4.78, 5) is 28.3. The molecule has 37 heteroatoms. The Kier molecular flexibility index (Phi) is 33.3. The van der Waals surface area contributed by atoms with E-state index in [9.17, 15) is 10.1 Å². The number of aromatic nitrogens is 4. The highest BCUT2D eigenvalue weighted by Crippen LogP contribution is 2.45. The molecule has 0 radical (unpaired) electrons. The zero-order chi connectivity index (χ0) is 75.8. The van der Waals surface area contributed by atoms with Gasteiger partial charge in [-0.1, -0.05) is 43.3 Å². The van der Waals surface area contributed by atoms with Gasteiger partial charge in [0.1, 0.15) is 52.3 Å². The smallest absolute Gasteiger partial charge is 0.488 e. The first-order valence-corrected chi connectivity index (χ1v) is 36.3. The third-order valence-corrected chi connectivity index (χ3v) is 20.2. The first-order valence-electron chi connectivity index (χ1n) is 28.8. The van der Waals surface area contributed by atoms with E-state index in [-0.39, 0.29) is 12.9 Å². The molecule has 0 aliphatic heterocycles. The van der Waals surface area contributed by atoms with Gasteiger partial charge in [0.15, 0.2) is 23.0 Å². The molecule has 12 rings (SSSR count). The van der Waals surface area contributed by atoms with Crippen LogP contribution < -0.4 is 71.6 Å². The minimum absolute atomic E-state index is 0. The zero-order valence-electron chi connectivity index (χ0n) is 55.3. The number of nitrogens with two attached hydrogens (primary N) is 4. The predicted molar refractivity (Wildman–Crippen MR) is 421 cm³/mol. The quantitative estimate of drug-likeness (QED) is 0.0261. The standard InChI is InChI=1S/C17H15N3O3S.C16H12BrN3OS.C9H13BO5.C8H2BrClN2S.C8H6BrN3OS.C8H11NO.CH4.H2O4S/c1-21-12-4-9(5-13(22-2)15(12)23-3)14-6-11-16(24-14)10(7-18)8-20-17(11)19;1-21-12-4-2-10(3-5-12)8-19-16-13-6-14(17)22-15(13)11(7-18)9-20-16;1-13-7-4-6(10(11)12)5-8(14-2)9(7)15-3;9-6-1-5-7(13-6)4(2-11)3-12-8(5)10;9-5-1-3-6(14-5)4(8(11)13)2-12-7(3)10;1-10-8-4-2-7(6-9)3-5-8;;1-5(2,3)4/h4-6,8H,1-3H3,(H2,19,20);2-6,9H,8H2,1H3,(H,19,20);4-5,11-12H,1-3H3;1,3H;1-2H,(H2,10,12)(H2,11,13);2-5H,6,9H2,1H3;1H4;(H2,1,2,3,4). The topological polar surface area (TPSA) is 445 Å². The van der Waals surface area contributed by atoms with Gasteiger partial charge >= 0.3 is 17.5 Å². The van der Waals surface area contributed by atoms with Crippen LogP contribution in [0.2, 0.25) is 5.15 Å². The molecule has 12 aromatic rings. The molecule has 27 nitrogen and oxygen atoms in total. The van der Waals surface area contributed by atoms with Crippen LogP contribution in [0, 0.1) is 34.0 Å². The van der Waals surface area contributed by atoms with E-state index in [1.807, 2.05) is 84.9 Å². The third kappa shape index (κ3) is 23.1. The number of benzene rings is 4. The van der Waals surface area contributed by atoms with Crippen LogP contribution in [0.25, 0.3) is 50.8 Å². The van der Waals surface area contributed by atoms with Gasteiger partial charge in [0.05, 0.1) is 109 Å². The number of fused-ring (bicyclic) bond motifs is 4. The normalized spacial score (nSPS) is 10.2. The summed E-state index contributed by atoms with van der Waals surface area (Å²) in [5, 5.41) is 52.4. The maximum atomic E-state index is 11.1. The van der Waals surface area contributed by atoms with E-state index in [1.54, 1.807) is 53.1 Å². The van der Waals surface area contributed by atoms with Crippen molar-refractivity contribution in [3.63, 3.8) is 0 Å². The Morgan fingerprint density at radius 1 is 0.558 bits per heavy atom. The SMILES string of the molecule is C.COc1cc(-c2cc3c(N)ncc(C#N)c3s2)cc(OC)c1OC.COc1cc(B(O)O)cc(OC)c1OC.COc1ccc(CN)cc1.COc1ccc(CNc2ncc(C#N)c3sc(Br)cc23)cc1.N#Cc1cnc(Cl)c2cc(Br)sc12.NC(=O)c1cnc(N)c2cc(Br)sc12.O=S(=O)(O)O. The first kappa shape index (κ1) is 85.3. The summed E-state index contributed by atoms with van der Waals surface area (Å²) in [6.45, 7) is 1.25. The van der Waals surface area contributed by atoms with Crippen molar-refractivity contribution in [1.82, 2.24) is 19.9 Å². The van der Waals surface area contributed by atoms with Crippen LogP contribution in [-0.4, -0.2) is 117 Å². The number of nitrogens with one attached hydrogen (secondary N) is 1. The molecule has 0 saturated heterocycles. The number of primary amides is 1. The highest BCUT2D eigenvalue weighted by Gasteiger charge is 2.21. The van der Waals surface area contributed by atoms with Gasteiger partial charge in [0.25, 0.3) is 5.91 Å². The fraction of sp³-hybridized carbons (Fsp3) is 0.164. The Balaban J connectivity index is 0.000000226. The van der Waals surface area contributed by atoms with Gasteiger partial charge < -0.3 is 76.2 Å². The molecule has 104 heavy (non-hydrogen) atoms. The van der Waals surface area contributed by atoms with E-state index >= 15 is 0 Å². The average Bonchev–Trinajstić information content (AvgIpc) is 1.68. The molecule has 8 heterocycles. The number of nitrogens with zero attached hydrogens (tertiary/aromatic N) is 7. The number of hydrogen-bond donors (Lipinski definition) is 9. The number of anilines is 3. The maximum absolute atomic E-state index is 11.1. The van der Waals surface area contributed by atoms with Crippen LogP contribution in [0.5, 0.6) is 46.0 Å². The van der Waals surface area contributed by atoms with Crippen molar-refractivity contribution in [2.75, 3.05) is 73.7 Å². The van der Waals surface area contributed by atoms with Crippen molar-refractivity contribution in [3.05, 3.63) is 172 Å². The molecule has 0 spiro atoms. The van der Waals surface area contributed by atoms with Crippen LogP contribution in [0.3, 0.4) is 0 Å². The lowest BCUT2D eigenvalue weighted by Gasteiger charge is -2.13. The van der Waals surface area contributed by atoms with E-state index in [0.29, 0.717) is 86.6 Å². The van der Waals surface area contributed by atoms with Gasteiger partial charge in [-0.25, -0.2) is 19.9 Å². The van der Waals surface area contributed by atoms with Crippen LogP contribution in [0.4, 0.5) is 17.5 Å². The number of carbonyl (C=O) groups is 1. The maximum Gasteiger partial charge on any atom is 0.488 e. The Hall–Kier alpha value is -9.40. The number of nitriles is 3. The molecule has 0 fully saturated rings. The summed E-state index contributed by atoms with van der Waals surface area (Å²) >= 11 is 21.9. The number of ether oxygens (including phenoxy) is 8. The van der Waals surface area contributed by atoms with Crippen molar-refractivity contribution >= 4 is 191 Å². The lowest BCUT2D eigenvalue weighted by molar-refractivity contribution is 0.100. The number of pyridine rings is 4. The molecule has 0 bridgehead atoms. The largest absolute Gasteiger partial charge is 0.497 e. The summed E-state index contributed by atoms with van der Waals surface area (Å²) in [6.07, 6.45) is 6.01. The van der Waals surface area contributed by atoms with Crippen LogP contribution in [0.15, 0.2) is 133 Å². The van der Waals surface area contributed by atoms with Crippen molar-refractivity contribution in [2.45, 2.75) is 20.5 Å². The van der Waals surface area contributed by atoms with Crippen LogP contribution >= 0.6 is 105 Å². The van der Waals surface area contributed by atoms with Gasteiger partial charge in [-0.2, -0.15) is 24.2 Å². The molecule has 4 aromatic carbocycles. The van der Waals surface area contributed by atoms with Gasteiger partial charge in [0, 0.05) is 64.3 Å². The second-order valence-electron chi connectivity index (χ2n) is 20.0. The number of amides is 1. The van der Waals surface area contributed by atoms with Crippen molar-refractivity contribution in [1.29, 1.82) is 15.8 Å². The number of methoxy groups -OCH3 is 8. The summed E-state index contributed by atoms with van der Waals surface area (Å²) in [6, 6.07) is 36.3. The summed E-state index contributed by atoms with van der Waals surface area (Å²) in [5.74, 6) is 5.68. The zero-order valence-corrected chi connectivity index (χ0v) is 64.9. The van der Waals surface area contributed by atoms with E-state index < -0.39 is 23.4 Å². The predicted octanol–water partition coefficient (Wildman–Crippen LogP) is 13.8. The van der Waals surface area contributed by atoms with Gasteiger partial charge in [-0.15, -0.1) is 45.3 Å². The van der Waals surface area contributed by atoms with Gasteiger partial charge in [-0.05, 0) is 143 Å². The second kappa shape index (κ2) is 40.6. The minimum atomic E-state index is -4.67. The molecule has 544 valence electrons. The van der Waals surface area contributed by atoms with E-state index in [0.717, 1.165) is 90.6 Å². The molecule has 0 aliphatic carbocycles. The molecule has 0 aliphatic rings. The van der Waals surface area contributed by atoms with E-state index in [1.165, 1.54) is 86.1 Å². The van der Waals surface area contributed by atoms with E-state index in [2.05, 4.69) is 91.3 Å².